The van der Waals surface area contributed by atoms with Crippen LogP contribution in [0.4, 0.5) is 16.2 Å². The number of hydrogen-bond acceptors (Lipinski definition) is 3. The molecule has 7 heteroatoms. The molecule has 4 rings (SSSR count). The van der Waals surface area contributed by atoms with Crippen molar-refractivity contribution in [3.8, 4) is 0 Å². The summed E-state index contributed by atoms with van der Waals surface area (Å²) < 4.78 is -0.266. The second kappa shape index (κ2) is 6.71. The molecule has 1 fully saturated rings. The van der Waals surface area contributed by atoms with Crippen LogP contribution in [0.3, 0.4) is 0 Å². The van der Waals surface area contributed by atoms with Crippen LogP contribution in [-0.4, -0.2) is 34.7 Å². The number of thioether (sulfide) groups is 1. The fourth-order valence-corrected chi connectivity index (χ4v) is 5.95. The van der Waals surface area contributed by atoms with Gasteiger partial charge >= 0.3 is 6.03 Å². The summed E-state index contributed by atoms with van der Waals surface area (Å²) in [4.78, 5) is 29.3. The van der Waals surface area contributed by atoms with E-state index in [-0.39, 0.29) is 16.7 Å². The quantitative estimate of drug-likeness (QED) is 0.757. The third kappa shape index (κ3) is 2.86. The molecule has 1 N–H and O–H groups in total. The van der Waals surface area contributed by atoms with Crippen molar-refractivity contribution in [2.45, 2.75) is 30.4 Å². The number of carbonyl (C=O) groups excluding carboxylic acids is 2. The molecule has 1 spiro atoms. The monoisotopic (exact) mass is 415 g/mol. The van der Waals surface area contributed by atoms with Crippen molar-refractivity contribution in [3.63, 3.8) is 0 Å². The SMILES string of the molecule is CCN1C(=O)[C@@]2(SC(C)(C)CN2C(=O)Nc2cccc(Cl)c2)c2ccccc21. The molecule has 2 aromatic rings. The van der Waals surface area contributed by atoms with Gasteiger partial charge in [0.05, 0.1) is 5.69 Å². The summed E-state index contributed by atoms with van der Waals surface area (Å²) in [5.74, 6) is -0.0620. The van der Waals surface area contributed by atoms with Crippen LogP contribution in [-0.2, 0) is 9.67 Å². The van der Waals surface area contributed by atoms with E-state index in [1.165, 1.54) is 0 Å². The van der Waals surface area contributed by atoms with Gasteiger partial charge < -0.3 is 10.2 Å². The number of nitrogens with one attached hydrogen (secondary N) is 1. The first kappa shape index (κ1) is 19.2. The minimum Gasteiger partial charge on any atom is -0.309 e. The van der Waals surface area contributed by atoms with E-state index in [0.29, 0.717) is 23.8 Å². The predicted octanol–water partition coefficient (Wildman–Crippen LogP) is 4.92. The van der Waals surface area contributed by atoms with Gasteiger partial charge in [-0.05, 0) is 45.0 Å². The van der Waals surface area contributed by atoms with E-state index >= 15 is 0 Å². The van der Waals surface area contributed by atoms with Crippen molar-refractivity contribution < 1.29 is 9.59 Å². The summed E-state index contributed by atoms with van der Waals surface area (Å²) >= 11 is 7.60. The van der Waals surface area contributed by atoms with Crippen LogP contribution in [0, 0.1) is 0 Å². The largest absolute Gasteiger partial charge is 0.323 e. The number of carbonyl (C=O) groups is 2. The van der Waals surface area contributed by atoms with Gasteiger partial charge in [-0.15, -0.1) is 11.8 Å². The highest BCUT2D eigenvalue weighted by atomic mass is 35.5. The van der Waals surface area contributed by atoms with Crippen molar-refractivity contribution in [1.82, 2.24) is 4.90 Å². The lowest BCUT2D eigenvalue weighted by molar-refractivity contribution is -0.123. The first-order chi connectivity index (χ1) is 13.3. The smallest absolute Gasteiger partial charge is 0.309 e. The average Bonchev–Trinajstić information content (AvgIpc) is 3.07. The van der Waals surface area contributed by atoms with Crippen molar-refractivity contribution >= 4 is 46.7 Å². The van der Waals surface area contributed by atoms with Crippen LogP contribution in [0.15, 0.2) is 48.5 Å². The number of para-hydroxylation sites is 1. The lowest BCUT2D eigenvalue weighted by Crippen LogP contribution is -2.51. The zero-order chi connectivity index (χ0) is 20.1. The van der Waals surface area contributed by atoms with E-state index in [0.717, 1.165) is 11.3 Å². The fourth-order valence-electron chi connectivity index (χ4n) is 4.03. The van der Waals surface area contributed by atoms with Gasteiger partial charge in [-0.25, -0.2) is 4.79 Å². The van der Waals surface area contributed by atoms with E-state index in [1.54, 1.807) is 45.8 Å². The van der Waals surface area contributed by atoms with Crippen LogP contribution >= 0.6 is 23.4 Å². The lowest BCUT2D eigenvalue weighted by Gasteiger charge is -2.33. The van der Waals surface area contributed by atoms with E-state index in [1.807, 2.05) is 31.2 Å². The third-order valence-corrected chi connectivity index (χ3v) is 6.90. The zero-order valence-electron chi connectivity index (χ0n) is 16.0. The minimum atomic E-state index is -1.06. The maximum absolute atomic E-state index is 13.6. The number of halogens is 1. The second-order valence-electron chi connectivity index (χ2n) is 7.60. The van der Waals surface area contributed by atoms with Gasteiger partial charge in [0.1, 0.15) is 0 Å². The second-order valence-corrected chi connectivity index (χ2v) is 9.94. The first-order valence-corrected chi connectivity index (χ1v) is 10.4. The molecule has 0 bridgehead atoms. The van der Waals surface area contributed by atoms with E-state index in [4.69, 9.17) is 11.6 Å². The summed E-state index contributed by atoms with van der Waals surface area (Å²) in [7, 11) is 0. The number of hydrogen-bond donors (Lipinski definition) is 1. The third-order valence-electron chi connectivity index (χ3n) is 5.08. The molecule has 5 nitrogen and oxygen atoms in total. The Morgan fingerprint density at radius 1 is 1.21 bits per heavy atom. The molecule has 2 heterocycles. The Bertz CT molecular complexity index is 964. The van der Waals surface area contributed by atoms with Crippen LogP contribution in [0.1, 0.15) is 26.3 Å². The highest BCUT2D eigenvalue weighted by molar-refractivity contribution is 8.02. The molecule has 1 saturated heterocycles. The summed E-state index contributed by atoms with van der Waals surface area (Å²) in [6.45, 7) is 7.10. The average molecular weight is 416 g/mol. The van der Waals surface area contributed by atoms with E-state index in [9.17, 15) is 9.59 Å². The standard InChI is InChI=1S/C21H22ClN3O2S/c1-4-24-17-11-6-5-10-16(17)21(18(24)26)25(13-20(2,3)28-21)19(27)23-15-9-7-8-14(22)12-15/h5-12H,4,13H2,1-3H3,(H,23,27)/t21-/m0/s1. The molecule has 0 unspecified atom stereocenters. The predicted molar refractivity (Wildman–Crippen MR) is 115 cm³/mol. The van der Waals surface area contributed by atoms with Crippen molar-refractivity contribution in [2.75, 3.05) is 23.3 Å². The minimum absolute atomic E-state index is 0.0620. The number of amides is 3. The Morgan fingerprint density at radius 2 is 1.96 bits per heavy atom. The Kier molecular flexibility index (Phi) is 4.59. The van der Waals surface area contributed by atoms with Gasteiger partial charge in [0.25, 0.3) is 5.91 Å². The van der Waals surface area contributed by atoms with Crippen LogP contribution in [0.25, 0.3) is 0 Å². The van der Waals surface area contributed by atoms with Gasteiger partial charge in [0, 0.05) is 34.1 Å². The molecule has 2 aromatic carbocycles. The molecule has 0 saturated carbocycles. The number of fused-ring (bicyclic) bond motifs is 2. The Morgan fingerprint density at radius 3 is 2.68 bits per heavy atom. The Hall–Kier alpha value is -2.18. The number of anilines is 2. The van der Waals surface area contributed by atoms with Gasteiger partial charge in [0.2, 0.25) is 0 Å². The normalized spacial score (nSPS) is 22.6. The summed E-state index contributed by atoms with van der Waals surface area (Å²) in [5.41, 5.74) is 2.35. The van der Waals surface area contributed by atoms with Gasteiger partial charge in [-0.2, -0.15) is 0 Å². The molecule has 146 valence electrons. The van der Waals surface area contributed by atoms with E-state index < -0.39 is 4.87 Å². The first-order valence-electron chi connectivity index (χ1n) is 9.24. The van der Waals surface area contributed by atoms with Gasteiger partial charge in [-0.3, -0.25) is 9.69 Å². The zero-order valence-corrected chi connectivity index (χ0v) is 17.6. The molecule has 28 heavy (non-hydrogen) atoms. The molecule has 2 aliphatic rings. The van der Waals surface area contributed by atoms with Crippen molar-refractivity contribution in [2.24, 2.45) is 0 Å². The molecule has 2 aliphatic heterocycles. The number of urea groups is 1. The highest BCUT2D eigenvalue weighted by Crippen LogP contribution is 2.59. The molecule has 3 amide bonds. The number of nitrogens with zero attached hydrogens (tertiary/aromatic N) is 2. The van der Waals surface area contributed by atoms with Crippen LogP contribution in [0.5, 0.6) is 0 Å². The molecule has 0 aromatic heterocycles. The number of likely N-dealkylation sites (N-methyl/N-ethyl adjacent to an activating group) is 1. The van der Waals surface area contributed by atoms with Crippen molar-refractivity contribution in [3.05, 3.63) is 59.1 Å². The molecule has 0 aliphatic carbocycles. The molecule has 0 radical (unpaired) electrons. The Labute approximate surface area is 174 Å². The molecule has 1 atom stereocenters. The topological polar surface area (TPSA) is 52.7 Å². The van der Waals surface area contributed by atoms with Crippen molar-refractivity contribution in [1.29, 1.82) is 0 Å². The van der Waals surface area contributed by atoms with Crippen LogP contribution in [0.2, 0.25) is 5.02 Å². The molecular weight excluding hydrogens is 394 g/mol. The number of benzene rings is 2. The van der Waals surface area contributed by atoms with Gasteiger partial charge in [-0.1, -0.05) is 35.9 Å². The van der Waals surface area contributed by atoms with Crippen LogP contribution < -0.4 is 10.2 Å². The maximum atomic E-state index is 13.6. The fraction of sp³-hybridized carbons (Fsp3) is 0.333. The summed E-state index contributed by atoms with van der Waals surface area (Å²) in [5, 5.41) is 3.46. The highest BCUT2D eigenvalue weighted by Gasteiger charge is 2.63. The Balaban J connectivity index is 1.78. The number of rotatable bonds is 2. The maximum Gasteiger partial charge on any atom is 0.323 e. The summed E-state index contributed by atoms with van der Waals surface area (Å²) in [6, 6.07) is 14.5. The van der Waals surface area contributed by atoms with E-state index in [2.05, 4.69) is 19.2 Å². The molecular formula is C21H22ClN3O2S. The lowest BCUT2D eigenvalue weighted by atomic mass is 10.1. The van der Waals surface area contributed by atoms with Gasteiger partial charge in [0.15, 0.2) is 4.87 Å². The summed E-state index contributed by atoms with van der Waals surface area (Å²) in [6.07, 6.45) is 0.